The van der Waals surface area contributed by atoms with E-state index in [0.29, 0.717) is 0 Å². The fraction of sp³-hybridized carbons (Fsp3) is 0.500. The number of hydrogen-bond donors (Lipinski definition) is 2. The summed E-state index contributed by atoms with van der Waals surface area (Å²) in [5.41, 5.74) is 1.11. The molecule has 0 unspecified atom stereocenters. The minimum atomic E-state index is -1.26. The standard InChI is InChI=1S/C10H14NO2Si.2ClH.Zr/c1-14(2)7-3-4-8(14)10(7)11-9(13)5-6-12;;;/h12H,3,5-6H2,1-2H3,(H,11,13);2*1H;/q;;;+2/p-2. The maximum absolute atomic E-state index is 11.4. The van der Waals surface area contributed by atoms with E-state index in [2.05, 4.69) is 18.4 Å². The van der Waals surface area contributed by atoms with E-state index in [1.807, 2.05) is 0 Å². The van der Waals surface area contributed by atoms with E-state index in [1.54, 1.807) is 0 Å². The van der Waals surface area contributed by atoms with Gasteiger partial charge in [0, 0.05) is 0 Å². The van der Waals surface area contributed by atoms with Crippen LogP contribution in [0.25, 0.3) is 0 Å². The van der Waals surface area contributed by atoms with Gasteiger partial charge in [0.15, 0.2) is 0 Å². The number of amides is 1. The number of halogens is 2. The molecule has 2 N–H and O–H groups in total. The summed E-state index contributed by atoms with van der Waals surface area (Å²) < 4.78 is 1.52. The predicted octanol–water partition coefficient (Wildman–Crippen LogP) is -5.25. The largest absolute Gasteiger partial charge is 1.00 e. The fourth-order valence-corrected chi connectivity index (χ4v) is 9.12. The van der Waals surface area contributed by atoms with Crippen LogP contribution in [0.2, 0.25) is 13.1 Å². The molecule has 3 aliphatic rings. The Morgan fingerprint density at radius 1 is 1.47 bits per heavy atom. The van der Waals surface area contributed by atoms with Gasteiger partial charge >= 0.3 is 106 Å². The van der Waals surface area contributed by atoms with Gasteiger partial charge in [0.05, 0.1) is 0 Å². The van der Waals surface area contributed by atoms with Gasteiger partial charge in [0.25, 0.3) is 0 Å². The molecule has 3 rings (SSSR count). The topological polar surface area (TPSA) is 49.3 Å². The van der Waals surface area contributed by atoms with E-state index in [4.69, 9.17) is 5.11 Å². The van der Waals surface area contributed by atoms with Gasteiger partial charge in [-0.15, -0.1) is 0 Å². The van der Waals surface area contributed by atoms with E-state index >= 15 is 0 Å². The van der Waals surface area contributed by atoms with Gasteiger partial charge in [0.2, 0.25) is 0 Å². The summed E-state index contributed by atoms with van der Waals surface area (Å²) >= 11 is 1.48. The third-order valence-corrected chi connectivity index (χ3v) is 8.59. The van der Waals surface area contributed by atoms with Crippen LogP contribution in [-0.2, 0) is 29.5 Å². The Morgan fingerprint density at radius 2 is 2.06 bits per heavy atom. The molecule has 0 saturated heterocycles. The van der Waals surface area contributed by atoms with Gasteiger partial charge < -0.3 is 24.8 Å². The number of aliphatic hydroxyl groups is 1. The van der Waals surface area contributed by atoms with Crippen molar-refractivity contribution >= 4 is 14.0 Å². The molecule has 2 aliphatic heterocycles. The molecule has 3 nitrogen and oxygen atoms in total. The Hall–Kier alpha value is 0.590. The zero-order valence-corrected chi connectivity index (χ0v) is 14.7. The van der Waals surface area contributed by atoms with Crippen LogP contribution >= 0.6 is 0 Å². The Bertz CT molecular complexity index is 407. The number of allylic oxidation sites excluding steroid dienone is 3. The molecule has 0 atom stereocenters. The normalized spacial score (nSPS) is 19.4. The van der Waals surface area contributed by atoms with Crippen LogP contribution in [0.3, 0.4) is 0 Å². The first-order valence-electron chi connectivity index (χ1n) is 5.08. The third kappa shape index (κ3) is 2.79. The summed E-state index contributed by atoms with van der Waals surface area (Å²) in [7, 11) is -1.26. The summed E-state index contributed by atoms with van der Waals surface area (Å²) in [6.45, 7) is 4.62. The van der Waals surface area contributed by atoms with Crippen molar-refractivity contribution in [2.75, 3.05) is 6.61 Å². The summed E-state index contributed by atoms with van der Waals surface area (Å²) in [4.78, 5) is 11.4. The molecule has 2 bridgehead atoms. The summed E-state index contributed by atoms with van der Waals surface area (Å²) in [5, 5.41) is 14.6. The monoisotopic (exact) mass is 368 g/mol. The van der Waals surface area contributed by atoms with Gasteiger partial charge in [-0.2, -0.15) is 0 Å². The average Bonchev–Trinajstić information content (AvgIpc) is 2.56. The quantitative estimate of drug-likeness (QED) is 0.488. The first-order valence-corrected chi connectivity index (χ1v) is 9.31. The van der Waals surface area contributed by atoms with Gasteiger partial charge in [-0.25, -0.2) is 0 Å². The van der Waals surface area contributed by atoms with Crippen molar-refractivity contribution in [1.29, 1.82) is 0 Å². The Labute approximate surface area is 130 Å². The molecular weight excluding hydrogens is 356 g/mol. The van der Waals surface area contributed by atoms with Gasteiger partial charge in [-0.05, 0) is 0 Å². The SMILES string of the molecule is C[Si]1(C)C2=C(NC(=O)CCO)C1=[C]([Zr+2])C2.[Cl-].[Cl-]. The molecule has 0 radical (unpaired) electrons. The van der Waals surface area contributed by atoms with Gasteiger partial charge in [-0.3, -0.25) is 0 Å². The van der Waals surface area contributed by atoms with E-state index in [-0.39, 0.29) is 43.7 Å². The van der Waals surface area contributed by atoms with Crippen LogP contribution in [0.1, 0.15) is 12.8 Å². The second-order valence-corrected chi connectivity index (χ2v) is 10.4. The molecule has 0 aromatic heterocycles. The molecule has 0 saturated carbocycles. The molecule has 0 aromatic carbocycles. The molecule has 0 spiro atoms. The van der Waals surface area contributed by atoms with Crippen molar-refractivity contribution < 1.29 is 59.4 Å². The van der Waals surface area contributed by atoms with Crippen LogP contribution in [-0.4, -0.2) is 25.7 Å². The number of nitrogens with one attached hydrogen (secondary N) is 1. The third-order valence-electron chi connectivity index (χ3n) is 3.19. The Balaban J connectivity index is 0.00000128. The molecule has 0 aromatic rings. The minimum Gasteiger partial charge on any atom is -1.00 e. The number of carbonyl (C=O) groups is 1. The number of fused-ring (bicyclic) bond motifs is 1. The Kier molecular flexibility index (Phi) is 6.37. The number of hydrogen-bond acceptors (Lipinski definition) is 2. The number of carbonyl (C=O) groups excluding carboxylic acids is 1. The maximum atomic E-state index is 11.4. The molecule has 2 heterocycles. The maximum Gasteiger partial charge on any atom is -1.00 e. The molecule has 0 fully saturated rings. The van der Waals surface area contributed by atoms with Crippen LogP contribution in [0, 0.1) is 0 Å². The molecule has 7 heteroatoms. The number of rotatable bonds is 3. The summed E-state index contributed by atoms with van der Waals surface area (Å²) in [6.07, 6.45) is 1.31. The fourth-order valence-electron chi connectivity index (χ4n) is 2.41. The van der Waals surface area contributed by atoms with Crippen molar-refractivity contribution in [1.82, 2.24) is 5.32 Å². The van der Waals surface area contributed by atoms with Crippen molar-refractivity contribution in [3.8, 4) is 0 Å². The van der Waals surface area contributed by atoms with E-state index in [1.165, 1.54) is 38.4 Å². The summed E-state index contributed by atoms with van der Waals surface area (Å²) in [6, 6.07) is 0. The smallest absolute Gasteiger partial charge is 1.00 e. The van der Waals surface area contributed by atoms with Gasteiger partial charge in [-0.1, -0.05) is 0 Å². The van der Waals surface area contributed by atoms with Crippen LogP contribution in [0.4, 0.5) is 0 Å². The molecule has 93 valence electrons. The van der Waals surface area contributed by atoms with Crippen molar-refractivity contribution in [3.63, 3.8) is 0 Å². The van der Waals surface area contributed by atoms with Crippen LogP contribution in [0.15, 0.2) is 19.4 Å². The first kappa shape index (κ1) is 17.6. The van der Waals surface area contributed by atoms with Crippen molar-refractivity contribution in [3.05, 3.63) is 19.4 Å². The van der Waals surface area contributed by atoms with Crippen LogP contribution in [0.5, 0.6) is 0 Å². The average molecular weight is 370 g/mol. The van der Waals surface area contributed by atoms with E-state index in [9.17, 15) is 4.79 Å². The molecule has 1 aliphatic carbocycles. The summed E-state index contributed by atoms with van der Waals surface area (Å²) in [5.74, 6) is -0.0579. The van der Waals surface area contributed by atoms with Crippen molar-refractivity contribution in [2.45, 2.75) is 25.9 Å². The second kappa shape index (κ2) is 6.16. The van der Waals surface area contributed by atoms with Crippen LogP contribution < -0.4 is 30.1 Å². The Morgan fingerprint density at radius 3 is 2.41 bits per heavy atom. The predicted molar refractivity (Wildman–Crippen MR) is 56.0 cm³/mol. The van der Waals surface area contributed by atoms with E-state index < -0.39 is 8.07 Å². The first-order chi connectivity index (χ1) is 6.98. The molecular formula is C10H14Cl2NO2SiZr. The zero-order valence-electron chi connectivity index (χ0n) is 9.73. The van der Waals surface area contributed by atoms with Gasteiger partial charge in [0.1, 0.15) is 0 Å². The number of aliphatic hydroxyl groups excluding tert-OH is 1. The molecule has 1 amide bonds. The second-order valence-electron chi connectivity index (χ2n) is 4.53. The van der Waals surface area contributed by atoms with E-state index in [0.717, 1.165) is 12.1 Å². The zero-order chi connectivity index (χ0) is 11.2. The molecule has 17 heavy (non-hydrogen) atoms. The van der Waals surface area contributed by atoms with Crippen molar-refractivity contribution in [2.24, 2.45) is 0 Å². The minimum absolute atomic E-state index is 0.